The number of morpholine rings is 1. The van der Waals surface area contributed by atoms with Crippen LogP contribution in [0.2, 0.25) is 0 Å². The predicted molar refractivity (Wildman–Crippen MR) is 109 cm³/mol. The number of hydrogen-bond acceptors (Lipinski definition) is 4. The van der Waals surface area contributed by atoms with Gasteiger partial charge in [0.05, 0.1) is 19.8 Å². The molecule has 6 nitrogen and oxygen atoms in total. The first-order valence-corrected chi connectivity index (χ1v) is 9.70. The Balaban J connectivity index is 1.48. The number of nitrogens with zero attached hydrogens (tertiary/aromatic N) is 1. The average Bonchev–Trinajstić information content (AvgIpc) is 2.73. The van der Waals surface area contributed by atoms with Crippen molar-refractivity contribution in [1.29, 1.82) is 0 Å². The van der Waals surface area contributed by atoms with E-state index in [9.17, 15) is 4.79 Å². The number of benzene rings is 2. The normalized spacial score (nSPS) is 14.6. The van der Waals surface area contributed by atoms with Crippen LogP contribution in [-0.2, 0) is 35.7 Å². The third-order valence-electron chi connectivity index (χ3n) is 4.81. The van der Waals surface area contributed by atoms with Crippen LogP contribution in [0.4, 0.5) is 4.79 Å². The summed E-state index contributed by atoms with van der Waals surface area (Å²) in [5.74, 6) is 0. The minimum Gasteiger partial charge on any atom is -0.380 e. The molecule has 0 spiro atoms. The predicted octanol–water partition coefficient (Wildman–Crippen LogP) is 2.66. The van der Waals surface area contributed by atoms with Crippen LogP contribution in [0.5, 0.6) is 0 Å². The molecule has 2 amide bonds. The summed E-state index contributed by atoms with van der Waals surface area (Å²) < 4.78 is 10.6. The number of amides is 2. The highest BCUT2D eigenvalue weighted by Crippen LogP contribution is 2.13. The summed E-state index contributed by atoms with van der Waals surface area (Å²) in [4.78, 5) is 14.6. The number of hydrogen-bond donors (Lipinski definition) is 2. The molecule has 1 fully saturated rings. The van der Waals surface area contributed by atoms with Crippen LogP contribution >= 0.6 is 0 Å². The highest BCUT2D eigenvalue weighted by atomic mass is 16.5. The van der Waals surface area contributed by atoms with E-state index >= 15 is 0 Å². The summed E-state index contributed by atoms with van der Waals surface area (Å²) >= 11 is 0. The molecule has 1 aliphatic rings. The van der Waals surface area contributed by atoms with E-state index < -0.39 is 0 Å². The van der Waals surface area contributed by atoms with E-state index in [1.54, 1.807) is 7.11 Å². The number of methoxy groups -OCH3 is 1. The van der Waals surface area contributed by atoms with Crippen LogP contribution in [0.3, 0.4) is 0 Å². The summed E-state index contributed by atoms with van der Waals surface area (Å²) in [6.45, 7) is 5.92. The quantitative estimate of drug-likeness (QED) is 0.736. The molecule has 0 aliphatic carbocycles. The first kappa shape index (κ1) is 20.3. The van der Waals surface area contributed by atoms with Crippen molar-refractivity contribution in [2.75, 3.05) is 33.4 Å². The minimum atomic E-state index is -0.168. The summed E-state index contributed by atoms with van der Waals surface area (Å²) in [5.41, 5.74) is 4.54. The molecule has 1 aliphatic heterocycles. The maximum absolute atomic E-state index is 12.2. The smallest absolute Gasteiger partial charge is 0.315 e. The Hall–Kier alpha value is -2.41. The van der Waals surface area contributed by atoms with Crippen molar-refractivity contribution in [1.82, 2.24) is 15.5 Å². The molecule has 3 rings (SSSR count). The van der Waals surface area contributed by atoms with E-state index in [-0.39, 0.29) is 6.03 Å². The molecule has 150 valence electrons. The number of carbonyl (C=O) groups excluding carboxylic acids is 1. The highest BCUT2D eigenvalue weighted by molar-refractivity contribution is 5.73. The Bertz CT molecular complexity index is 760. The summed E-state index contributed by atoms with van der Waals surface area (Å²) in [6.07, 6.45) is 0. The zero-order chi connectivity index (χ0) is 19.6. The lowest BCUT2D eigenvalue weighted by Gasteiger charge is -2.27. The van der Waals surface area contributed by atoms with Crippen LogP contribution < -0.4 is 10.6 Å². The van der Waals surface area contributed by atoms with Gasteiger partial charge in [-0.05, 0) is 22.3 Å². The lowest BCUT2D eigenvalue weighted by molar-refractivity contribution is 0.0341. The molecular weight excluding hydrogens is 354 g/mol. The molecule has 2 N–H and O–H groups in total. The fraction of sp³-hybridized carbons (Fsp3) is 0.409. The summed E-state index contributed by atoms with van der Waals surface area (Å²) in [5, 5.41) is 5.89. The molecule has 6 heteroatoms. The summed E-state index contributed by atoms with van der Waals surface area (Å²) in [7, 11) is 1.68. The van der Waals surface area contributed by atoms with Gasteiger partial charge in [0.15, 0.2) is 0 Å². The maximum atomic E-state index is 12.2. The van der Waals surface area contributed by atoms with Gasteiger partial charge < -0.3 is 20.1 Å². The van der Waals surface area contributed by atoms with Gasteiger partial charge in [-0.1, -0.05) is 48.5 Å². The number of rotatable bonds is 8. The average molecular weight is 383 g/mol. The molecule has 1 heterocycles. The second-order valence-corrected chi connectivity index (χ2v) is 6.95. The van der Waals surface area contributed by atoms with Crippen molar-refractivity contribution in [2.24, 2.45) is 0 Å². The van der Waals surface area contributed by atoms with Gasteiger partial charge >= 0.3 is 6.03 Å². The van der Waals surface area contributed by atoms with Gasteiger partial charge in [0.2, 0.25) is 0 Å². The molecule has 0 saturated carbocycles. The monoisotopic (exact) mass is 383 g/mol. The molecule has 1 saturated heterocycles. The van der Waals surface area contributed by atoms with E-state index in [4.69, 9.17) is 9.47 Å². The summed E-state index contributed by atoms with van der Waals surface area (Å²) in [6, 6.07) is 16.1. The molecule has 28 heavy (non-hydrogen) atoms. The maximum Gasteiger partial charge on any atom is 0.315 e. The molecule has 0 atom stereocenters. The molecular formula is C22H29N3O3. The Kier molecular flexibility index (Phi) is 7.84. The fourth-order valence-corrected chi connectivity index (χ4v) is 3.30. The van der Waals surface area contributed by atoms with Crippen molar-refractivity contribution in [3.8, 4) is 0 Å². The van der Waals surface area contributed by atoms with Crippen molar-refractivity contribution in [3.05, 3.63) is 70.8 Å². The zero-order valence-electron chi connectivity index (χ0n) is 16.4. The number of nitrogens with one attached hydrogen (secondary N) is 2. The van der Waals surface area contributed by atoms with Crippen molar-refractivity contribution >= 4 is 6.03 Å². The van der Waals surface area contributed by atoms with Gasteiger partial charge in [0, 0.05) is 39.8 Å². The van der Waals surface area contributed by atoms with Crippen LogP contribution in [0.15, 0.2) is 48.5 Å². The third-order valence-corrected chi connectivity index (χ3v) is 4.81. The van der Waals surface area contributed by atoms with E-state index in [0.717, 1.165) is 49.5 Å². The Morgan fingerprint density at radius 1 is 1.00 bits per heavy atom. The van der Waals surface area contributed by atoms with Gasteiger partial charge in [0.25, 0.3) is 0 Å². The SMILES string of the molecule is COCc1cccc(CNC(=O)NCc2ccccc2CN2CCOCC2)c1. The lowest BCUT2D eigenvalue weighted by atomic mass is 10.1. The van der Waals surface area contributed by atoms with Gasteiger partial charge in [-0.15, -0.1) is 0 Å². The number of carbonyl (C=O) groups is 1. The largest absolute Gasteiger partial charge is 0.380 e. The molecule has 0 unspecified atom stereocenters. The van der Waals surface area contributed by atoms with E-state index in [2.05, 4.69) is 27.7 Å². The second kappa shape index (κ2) is 10.8. The van der Waals surface area contributed by atoms with Crippen molar-refractivity contribution < 1.29 is 14.3 Å². The van der Waals surface area contributed by atoms with Crippen LogP contribution in [0.25, 0.3) is 0 Å². The third kappa shape index (κ3) is 6.34. The molecule has 0 bridgehead atoms. The first-order chi connectivity index (χ1) is 13.7. The van der Waals surface area contributed by atoms with Gasteiger partial charge in [0.1, 0.15) is 0 Å². The molecule has 2 aromatic carbocycles. The van der Waals surface area contributed by atoms with Gasteiger partial charge in [-0.25, -0.2) is 4.79 Å². The highest BCUT2D eigenvalue weighted by Gasteiger charge is 2.13. The van der Waals surface area contributed by atoms with Crippen molar-refractivity contribution in [2.45, 2.75) is 26.2 Å². The van der Waals surface area contributed by atoms with Gasteiger partial charge in [-0.3, -0.25) is 4.90 Å². The van der Waals surface area contributed by atoms with Crippen LogP contribution in [-0.4, -0.2) is 44.3 Å². The van der Waals surface area contributed by atoms with Gasteiger partial charge in [-0.2, -0.15) is 0 Å². The Labute approximate surface area is 166 Å². The zero-order valence-corrected chi connectivity index (χ0v) is 16.4. The first-order valence-electron chi connectivity index (χ1n) is 9.70. The Morgan fingerprint density at radius 3 is 2.50 bits per heavy atom. The van der Waals surface area contributed by atoms with Crippen LogP contribution in [0, 0.1) is 0 Å². The lowest BCUT2D eigenvalue weighted by Crippen LogP contribution is -2.37. The number of ether oxygens (including phenoxy) is 2. The number of urea groups is 1. The van der Waals surface area contributed by atoms with Crippen molar-refractivity contribution in [3.63, 3.8) is 0 Å². The molecule has 0 aromatic heterocycles. The van der Waals surface area contributed by atoms with Crippen LogP contribution in [0.1, 0.15) is 22.3 Å². The Morgan fingerprint density at radius 2 is 1.71 bits per heavy atom. The van der Waals surface area contributed by atoms with E-state index in [1.165, 1.54) is 5.56 Å². The molecule has 2 aromatic rings. The standard InChI is InChI=1S/C22H29N3O3/c1-27-17-19-6-4-5-18(13-19)14-23-22(26)24-15-20-7-2-3-8-21(20)16-25-9-11-28-12-10-25/h2-8,13H,9-12,14-17H2,1H3,(H2,23,24,26). The fourth-order valence-electron chi connectivity index (χ4n) is 3.30. The van der Waals surface area contributed by atoms with E-state index in [1.807, 2.05) is 36.4 Å². The topological polar surface area (TPSA) is 62.8 Å². The van der Waals surface area contributed by atoms with E-state index in [0.29, 0.717) is 19.7 Å². The second-order valence-electron chi connectivity index (χ2n) is 6.95. The minimum absolute atomic E-state index is 0.168. The molecule has 0 radical (unpaired) electrons.